The van der Waals surface area contributed by atoms with E-state index in [4.69, 9.17) is 4.74 Å². The number of nitrogens with one attached hydrogen (secondary N) is 3. The summed E-state index contributed by atoms with van der Waals surface area (Å²) in [6.45, 7) is 1.95. The molecule has 0 spiro atoms. The lowest BCUT2D eigenvalue weighted by Crippen LogP contribution is -2.30. The molecule has 3 heterocycles. The molecule has 2 aromatic heterocycles. The molecule has 36 heavy (non-hydrogen) atoms. The third-order valence-electron chi connectivity index (χ3n) is 6.45. The van der Waals surface area contributed by atoms with Crippen molar-refractivity contribution in [3.8, 4) is 21.9 Å². The van der Waals surface area contributed by atoms with Crippen molar-refractivity contribution >= 4 is 49.1 Å². The van der Waals surface area contributed by atoms with E-state index in [9.17, 15) is 14.4 Å². The van der Waals surface area contributed by atoms with Gasteiger partial charge >= 0.3 is 11.3 Å². The molecule has 3 amide bonds. The van der Waals surface area contributed by atoms with E-state index >= 15 is 0 Å². The van der Waals surface area contributed by atoms with E-state index in [1.165, 1.54) is 0 Å². The average Bonchev–Trinajstić information content (AvgIpc) is 3.41. The fourth-order valence-electron chi connectivity index (χ4n) is 4.81. The van der Waals surface area contributed by atoms with Gasteiger partial charge in [-0.15, -0.1) is 0 Å². The number of carbonyl (C=O) groups excluding carboxylic acids is 3. The molecule has 0 saturated heterocycles. The molecule has 0 bridgehead atoms. The first-order valence-electron chi connectivity index (χ1n) is 11.7. The molecule has 1 aliphatic heterocycles. The van der Waals surface area contributed by atoms with Crippen molar-refractivity contribution in [2.75, 3.05) is 10.6 Å². The third-order valence-corrected chi connectivity index (χ3v) is 8.47. The highest BCUT2D eigenvalue weighted by molar-refractivity contribution is 7.58. The van der Waals surface area contributed by atoms with Crippen molar-refractivity contribution in [3.05, 3.63) is 66.4 Å². The number of ether oxygens (including phenoxy) is 1. The Labute approximate surface area is 209 Å². The van der Waals surface area contributed by atoms with E-state index in [0.29, 0.717) is 46.1 Å². The van der Waals surface area contributed by atoms with Gasteiger partial charge in [0, 0.05) is 30.6 Å². The van der Waals surface area contributed by atoms with Crippen LogP contribution in [0.15, 0.2) is 60.8 Å². The number of carbonyl (C=O) groups is 3. The van der Waals surface area contributed by atoms with Crippen molar-refractivity contribution in [1.29, 1.82) is 0 Å². The molecule has 6 rings (SSSR count). The quantitative estimate of drug-likeness (QED) is 0.276. The van der Waals surface area contributed by atoms with Gasteiger partial charge in [-0.3, -0.25) is 4.79 Å². The van der Waals surface area contributed by atoms with Crippen LogP contribution in [0.5, 0.6) is 11.5 Å². The lowest BCUT2D eigenvalue weighted by Gasteiger charge is -2.14. The first-order chi connectivity index (χ1) is 17.5. The zero-order chi connectivity index (χ0) is 24.8. The zero-order valence-corrected chi connectivity index (χ0v) is 20.3. The monoisotopic (exact) mass is 499 g/mol. The molecule has 1 saturated carbocycles. The number of thiophene rings is 1. The van der Waals surface area contributed by atoms with Crippen LogP contribution in [0.25, 0.3) is 20.7 Å². The number of amides is 3. The molecule has 4 aromatic rings. The Kier molecular flexibility index (Phi) is 5.41. The van der Waals surface area contributed by atoms with Gasteiger partial charge in [0.1, 0.15) is 38.8 Å². The van der Waals surface area contributed by atoms with Crippen LogP contribution in [0, 0.1) is 6.92 Å². The number of hydrogen-bond acceptors (Lipinski definition) is 5. The highest BCUT2D eigenvalue weighted by atomic mass is 32.2. The average molecular weight is 500 g/mol. The minimum absolute atomic E-state index is 0.159. The molecule has 3 N–H and O–H groups in total. The Morgan fingerprint density at radius 1 is 1.08 bits per heavy atom. The molecule has 2 atom stereocenters. The number of Topliss-reactive ketones (excluding diaryl/α,β-unsaturated/α-hetero) is 1. The van der Waals surface area contributed by atoms with Gasteiger partial charge in [-0.1, -0.05) is 18.2 Å². The summed E-state index contributed by atoms with van der Waals surface area (Å²) in [6.07, 6.45) is 3.07. The number of rotatable bonds is 5. The second kappa shape index (κ2) is 8.76. The van der Waals surface area contributed by atoms with Crippen LogP contribution < -0.4 is 20.7 Å². The number of urea groups is 1. The van der Waals surface area contributed by atoms with Crippen LogP contribution >= 0.6 is 10.5 Å². The lowest BCUT2D eigenvalue weighted by molar-refractivity contribution is -0.117. The summed E-state index contributed by atoms with van der Waals surface area (Å²) in [7, 11) is -1.10. The van der Waals surface area contributed by atoms with Crippen molar-refractivity contribution < 1.29 is 19.1 Å². The standard InChI is InChI=1S/C27H22N4O4S/c1-15-13-19(35-18-5-3-2-4-6-18)9-10-20(15)24-23-22-21(30-26(33)31-23)11-12-28-25(22)36(24)27(34)29-16-7-8-17(32)14-16/h2-6,9-13,16H,7-8,14H2,1H3,(H2-,28,29,30,31,33,34)/p+1/t16-,36?/m0/s1. The fourth-order valence-corrected chi connectivity index (χ4v) is 7.04. The smallest absolute Gasteiger partial charge is 0.457 e. The maximum absolute atomic E-state index is 13.7. The highest BCUT2D eigenvalue weighted by Crippen LogP contribution is 2.53. The molecule has 0 radical (unpaired) electrons. The van der Waals surface area contributed by atoms with Crippen molar-refractivity contribution in [1.82, 2.24) is 10.3 Å². The van der Waals surface area contributed by atoms with E-state index in [1.54, 1.807) is 12.3 Å². The minimum Gasteiger partial charge on any atom is -0.457 e. The Bertz CT molecular complexity index is 1550. The van der Waals surface area contributed by atoms with Gasteiger partial charge in [0.25, 0.3) is 4.83 Å². The van der Waals surface area contributed by atoms with Crippen LogP contribution in [0.1, 0.15) is 24.8 Å². The predicted molar refractivity (Wildman–Crippen MR) is 140 cm³/mol. The van der Waals surface area contributed by atoms with Gasteiger partial charge in [0.15, 0.2) is 0 Å². The first kappa shape index (κ1) is 22.2. The van der Waals surface area contributed by atoms with Crippen LogP contribution in [-0.4, -0.2) is 28.1 Å². The number of ketones is 1. The number of aromatic nitrogens is 1. The van der Waals surface area contributed by atoms with E-state index in [1.807, 2.05) is 55.5 Å². The molecule has 2 aromatic carbocycles. The van der Waals surface area contributed by atoms with Gasteiger partial charge in [0.2, 0.25) is 4.88 Å². The second-order valence-corrected chi connectivity index (χ2v) is 10.7. The van der Waals surface area contributed by atoms with Crippen molar-refractivity contribution in [2.45, 2.75) is 32.2 Å². The van der Waals surface area contributed by atoms with E-state index in [-0.39, 0.29) is 23.1 Å². The van der Waals surface area contributed by atoms with Gasteiger partial charge in [-0.25, -0.2) is 14.6 Å². The zero-order valence-electron chi connectivity index (χ0n) is 19.5. The molecule has 1 fully saturated rings. The third kappa shape index (κ3) is 3.87. The molecule has 8 nitrogen and oxygen atoms in total. The van der Waals surface area contributed by atoms with E-state index in [2.05, 4.69) is 20.9 Å². The Balaban J connectivity index is 1.48. The summed E-state index contributed by atoms with van der Waals surface area (Å²) in [4.78, 5) is 43.9. The van der Waals surface area contributed by atoms with Crippen LogP contribution in [0.2, 0.25) is 0 Å². The summed E-state index contributed by atoms with van der Waals surface area (Å²) in [5.74, 6) is 1.56. The minimum atomic E-state index is -1.10. The van der Waals surface area contributed by atoms with Gasteiger partial charge < -0.3 is 20.7 Å². The summed E-state index contributed by atoms with van der Waals surface area (Å²) < 4.78 is 6.00. The molecule has 1 aliphatic carbocycles. The molecule has 9 heteroatoms. The summed E-state index contributed by atoms with van der Waals surface area (Å²) in [6, 6.07) is 16.4. The maximum atomic E-state index is 13.7. The SMILES string of the molecule is Cc1cc(Oc2ccccc2)ccc1-c1c2c3c(ccnc3[s+]1C(=O)N[C@H]1CCC(=O)C1)NC(=O)N2. The maximum Gasteiger partial charge on any atom is 0.458 e. The summed E-state index contributed by atoms with van der Waals surface area (Å²) in [5, 5.41) is 9.34. The number of anilines is 2. The van der Waals surface area contributed by atoms with Crippen molar-refractivity contribution in [2.24, 2.45) is 0 Å². The summed E-state index contributed by atoms with van der Waals surface area (Å²) >= 11 is 0. The second-order valence-electron chi connectivity index (χ2n) is 8.93. The molecular formula is C27H23N4O4S+. The van der Waals surface area contributed by atoms with Crippen LogP contribution in [0.4, 0.5) is 21.0 Å². The number of nitrogens with zero attached hydrogens (tertiary/aromatic N) is 1. The topological polar surface area (TPSA) is 109 Å². The fraction of sp³-hybridized carbons (Fsp3) is 0.185. The predicted octanol–water partition coefficient (Wildman–Crippen LogP) is 6.39. The van der Waals surface area contributed by atoms with E-state index < -0.39 is 10.5 Å². The Morgan fingerprint density at radius 2 is 1.92 bits per heavy atom. The van der Waals surface area contributed by atoms with E-state index in [0.717, 1.165) is 22.3 Å². The normalized spacial score (nSPS) is 17.0. The molecule has 2 aliphatic rings. The lowest BCUT2D eigenvalue weighted by atomic mass is 10.0. The molecule has 180 valence electrons. The molecule has 1 unspecified atom stereocenters. The van der Waals surface area contributed by atoms with Crippen LogP contribution in [-0.2, 0) is 4.79 Å². The number of aryl methyl sites for hydroxylation is 1. The Hall–Kier alpha value is -4.24. The van der Waals surface area contributed by atoms with Crippen LogP contribution in [0.3, 0.4) is 0 Å². The number of para-hydroxylation sites is 1. The van der Waals surface area contributed by atoms with Gasteiger partial charge in [-0.05, 0) is 55.3 Å². The van der Waals surface area contributed by atoms with Gasteiger partial charge in [0.05, 0.1) is 5.69 Å². The van der Waals surface area contributed by atoms with Gasteiger partial charge in [-0.2, -0.15) is 0 Å². The van der Waals surface area contributed by atoms with Crippen molar-refractivity contribution in [3.63, 3.8) is 0 Å². The summed E-state index contributed by atoms with van der Waals surface area (Å²) in [5.41, 5.74) is 2.95. The first-order valence-corrected chi connectivity index (χ1v) is 12.9. The largest absolute Gasteiger partial charge is 0.458 e. The number of hydrogen-bond donors (Lipinski definition) is 3. The highest BCUT2D eigenvalue weighted by Gasteiger charge is 2.41. The molecular weight excluding hydrogens is 476 g/mol. The number of benzene rings is 2. The Morgan fingerprint density at radius 3 is 2.67 bits per heavy atom. The number of pyridine rings is 1.